The van der Waals surface area contributed by atoms with Crippen molar-refractivity contribution in [2.75, 3.05) is 11.5 Å². The van der Waals surface area contributed by atoms with Crippen molar-refractivity contribution in [2.45, 2.75) is 62.1 Å². The Kier molecular flexibility index (Phi) is 6.29. The lowest BCUT2D eigenvalue weighted by molar-refractivity contribution is -0.165. The first-order chi connectivity index (χ1) is 14.3. The van der Waals surface area contributed by atoms with E-state index in [4.69, 9.17) is 0 Å². The number of sulfone groups is 1. The summed E-state index contributed by atoms with van der Waals surface area (Å²) in [7, 11) is -3.83. The SMILES string of the molecule is CC(CS(=O)(=O)CC1CC1)(N[C@@H](c1c#cc(F)cc1)C(F)(F)F)C(O)NC1(C#N)CC1. The van der Waals surface area contributed by atoms with Gasteiger partial charge >= 0.3 is 6.18 Å². The van der Waals surface area contributed by atoms with Gasteiger partial charge in [-0.2, -0.15) is 22.8 Å². The molecule has 0 radical (unpaired) electrons. The van der Waals surface area contributed by atoms with Crippen LogP contribution in [0.25, 0.3) is 0 Å². The molecule has 2 aliphatic carbocycles. The number of rotatable bonds is 10. The lowest BCUT2D eigenvalue weighted by Gasteiger charge is -2.40. The average Bonchev–Trinajstić information content (AvgIpc) is 3.57. The topological polar surface area (TPSA) is 102 Å². The molecule has 0 bridgehead atoms. The first-order valence-corrected chi connectivity index (χ1v) is 11.6. The Bertz CT molecular complexity index is 938. The van der Waals surface area contributed by atoms with Crippen LogP contribution in [0.2, 0.25) is 0 Å². The Morgan fingerprint density at radius 1 is 1.32 bits per heavy atom. The van der Waals surface area contributed by atoms with Gasteiger partial charge < -0.3 is 5.11 Å². The molecule has 0 aliphatic heterocycles. The smallest absolute Gasteiger partial charge is 0.377 e. The summed E-state index contributed by atoms with van der Waals surface area (Å²) in [6, 6.07) is 5.20. The summed E-state index contributed by atoms with van der Waals surface area (Å²) >= 11 is 0. The van der Waals surface area contributed by atoms with Crippen LogP contribution in [0.15, 0.2) is 12.1 Å². The largest absolute Gasteiger partial charge is 0.408 e. The molecule has 0 amide bonds. The quantitative estimate of drug-likeness (QED) is 0.365. The number of halogens is 4. The van der Waals surface area contributed by atoms with E-state index in [-0.39, 0.29) is 11.7 Å². The van der Waals surface area contributed by atoms with Crippen LogP contribution in [0.5, 0.6) is 0 Å². The van der Waals surface area contributed by atoms with Crippen LogP contribution in [0, 0.1) is 35.2 Å². The van der Waals surface area contributed by atoms with E-state index in [1.54, 1.807) is 0 Å². The minimum absolute atomic E-state index is 0.0355. The molecule has 2 unspecified atom stereocenters. The summed E-state index contributed by atoms with van der Waals surface area (Å²) in [4.78, 5) is 0. The van der Waals surface area contributed by atoms with Gasteiger partial charge in [0.15, 0.2) is 15.7 Å². The molecule has 3 rings (SSSR count). The second-order valence-corrected chi connectivity index (χ2v) is 10.8. The molecule has 6 nitrogen and oxygen atoms in total. The number of aliphatic hydroxyl groups is 1. The van der Waals surface area contributed by atoms with Crippen LogP contribution in [-0.4, -0.2) is 48.5 Å². The molecule has 0 heterocycles. The minimum atomic E-state index is -4.91. The van der Waals surface area contributed by atoms with Crippen molar-refractivity contribution >= 4 is 9.84 Å². The Morgan fingerprint density at radius 3 is 2.42 bits per heavy atom. The van der Waals surface area contributed by atoms with E-state index in [1.807, 2.05) is 12.1 Å². The molecule has 1 aromatic carbocycles. The number of nitriles is 1. The Morgan fingerprint density at radius 2 is 1.97 bits per heavy atom. The van der Waals surface area contributed by atoms with Gasteiger partial charge in [0.2, 0.25) is 0 Å². The van der Waals surface area contributed by atoms with Gasteiger partial charge in [-0.1, -0.05) is 6.07 Å². The molecular weight excluding hydrogens is 438 g/mol. The molecule has 31 heavy (non-hydrogen) atoms. The van der Waals surface area contributed by atoms with Crippen molar-refractivity contribution in [3.63, 3.8) is 0 Å². The van der Waals surface area contributed by atoms with Crippen LogP contribution < -0.4 is 10.6 Å². The first-order valence-electron chi connectivity index (χ1n) is 9.79. The van der Waals surface area contributed by atoms with Gasteiger partial charge in [0.1, 0.15) is 17.8 Å². The van der Waals surface area contributed by atoms with Crippen LogP contribution in [-0.2, 0) is 9.84 Å². The molecule has 170 valence electrons. The predicted octanol–water partition coefficient (Wildman–Crippen LogP) is 2.17. The van der Waals surface area contributed by atoms with Gasteiger partial charge in [-0.05, 0) is 56.7 Å². The Hall–Kier alpha value is -1.92. The van der Waals surface area contributed by atoms with E-state index in [2.05, 4.69) is 16.7 Å². The summed E-state index contributed by atoms with van der Waals surface area (Å²) in [5.41, 5.74) is -3.62. The van der Waals surface area contributed by atoms with Crippen molar-refractivity contribution in [3.05, 3.63) is 35.6 Å². The molecule has 2 aliphatic rings. The normalized spacial score (nSPS) is 22.0. The monoisotopic (exact) mass is 461 g/mol. The van der Waals surface area contributed by atoms with Crippen molar-refractivity contribution in [2.24, 2.45) is 5.92 Å². The fourth-order valence-corrected chi connectivity index (χ4v) is 5.73. The zero-order valence-corrected chi connectivity index (χ0v) is 17.6. The fraction of sp³-hybridized carbons (Fsp3) is 0.650. The second-order valence-electron chi connectivity index (χ2n) is 8.66. The Labute approximate surface area is 178 Å². The molecule has 3 atom stereocenters. The molecule has 2 fully saturated rings. The number of hydrogen-bond donors (Lipinski definition) is 3. The summed E-state index contributed by atoms with van der Waals surface area (Å²) in [5.74, 6) is -1.91. The van der Waals surface area contributed by atoms with Crippen LogP contribution in [0.4, 0.5) is 17.6 Å². The summed E-state index contributed by atoms with van der Waals surface area (Å²) in [6.07, 6.45) is -4.46. The van der Waals surface area contributed by atoms with E-state index in [0.29, 0.717) is 12.8 Å². The standard InChI is InChI=1S/C20H23F4N3O3S/c1-18(12-31(29,30)10-13-2-3-13,17(28)27-19(11-25)8-9-19)26-16(20(22,23)24)14-4-6-15(21)7-5-14/h4,6,13,16-17,26-28H,2-3,8-10,12H2,1H3/t16-,17?,18?/m0/s1. The highest BCUT2D eigenvalue weighted by atomic mass is 32.2. The highest BCUT2D eigenvalue weighted by Crippen LogP contribution is 2.38. The maximum absolute atomic E-state index is 13.9. The summed E-state index contributed by atoms with van der Waals surface area (Å²) in [6.45, 7) is 1.16. The Balaban J connectivity index is 1.92. The maximum atomic E-state index is 13.9. The summed E-state index contributed by atoms with van der Waals surface area (Å²) in [5, 5.41) is 24.8. The molecule has 1 aromatic rings. The zero-order chi connectivity index (χ0) is 23.1. The van der Waals surface area contributed by atoms with Gasteiger partial charge in [0.25, 0.3) is 0 Å². The molecule has 2 saturated carbocycles. The number of nitrogens with zero attached hydrogens (tertiary/aromatic N) is 1. The summed E-state index contributed by atoms with van der Waals surface area (Å²) < 4.78 is 80.1. The van der Waals surface area contributed by atoms with Gasteiger partial charge in [0.05, 0.1) is 23.1 Å². The zero-order valence-electron chi connectivity index (χ0n) is 16.8. The van der Waals surface area contributed by atoms with Gasteiger partial charge in [-0.25, -0.2) is 8.42 Å². The third-order valence-corrected chi connectivity index (χ3v) is 7.55. The highest BCUT2D eigenvalue weighted by Gasteiger charge is 2.52. The lowest BCUT2D eigenvalue weighted by atomic mass is 9.97. The van der Waals surface area contributed by atoms with Gasteiger partial charge in [0, 0.05) is 5.56 Å². The van der Waals surface area contributed by atoms with Gasteiger partial charge in [-0.15, -0.1) is 0 Å². The second kappa shape index (κ2) is 8.21. The van der Waals surface area contributed by atoms with E-state index in [9.17, 15) is 36.3 Å². The minimum Gasteiger partial charge on any atom is -0.377 e. The van der Waals surface area contributed by atoms with Crippen molar-refractivity contribution < 1.29 is 31.1 Å². The van der Waals surface area contributed by atoms with Crippen LogP contribution >= 0.6 is 0 Å². The van der Waals surface area contributed by atoms with Crippen LogP contribution in [0.3, 0.4) is 0 Å². The first kappa shape index (κ1) is 23.7. The highest BCUT2D eigenvalue weighted by molar-refractivity contribution is 7.91. The van der Waals surface area contributed by atoms with Crippen LogP contribution in [0.1, 0.15) is 44.2 Å². The number of alkyl halides is 3. The van der Waals surface area contributed by atoms with Crippen molar-refractivity contribution in [1.29, 1.82) is 5.26 Å². The number of nitrogens with one attached hydrogen (secondary N) is 2. The van der Waals surface area contributed by atoms with Crippen molar-refractivity contribution in [1.82, 2.24) is 10.6 Å². The molecular formula is C20H23F4N3O3S. The molecule has 0 aromatic heterocycles. The number of aliphatic hydroxyl groups excluding tert-OH is 1. The molecule has 3 N–H and O–H groups in total. The van der Waals surface area contributed by atoms with E-state index in [1.165, 1.54) is 0 Å². The third kappa shape index (κ3) is 6.07. The third-order valence-electron chi connectivity index (χ3n) is 5.53. The van der Waals surface area contributed by atoms with E-state index >= 15 is 0 Å². The molecule has 0 spiro atoms. The van der Waals surface area contributed by atoms with E-state index in [0.717, 1.165) is 31.9 Å². The molecule has 11 heteroatoms. The molecule has 0 saturated heterocycles. The lowest BCUT2D eigenvalue weighted by Crippen LogP contribution is -2.65. The van der Waals surface area contributed by atoms with Crippen molar-refractivity contribution in [3.8, 4) is 6.07 Å². The number of hydrogen-bond acceptors (Lipinski definition) is 6. The maximum Gasteiger partial charge on any atom is 0.408 e. The van der Waals surface area contributed by atoms with E-state index < -0.39 is 56.5 Å². The predicted molar refractivity (Wildman–Crippen MR) is 103 cm³/mol. The average molecular weight is 461 g/mol. The fourth-order valence-electron chi connectivity index (χ4n) is 3.41. The van der Waals surface area contributed by atoms with Gasteiger partial charge in [-0.3, -0.25) is 10.6 Å².